The number of aromatic nitrogens is 3. The van der Waals surface area contributed by atoms with Gasteiger partial charge < -0.3 is 16.0 Å². The number of H-pyrrole nitrogens is 1. The average molecular weight is 424 g/mol. The van der Waals surface area contributed by atoms with E-state index in [9.17, 15) is 18.8 Å². The summed E-state index contributed by atoms with van der Waals surface area (Å²) in [6, 6.07) is 3.76. The number of pyridine rings is 1. The number of amides is 3. The van der Waals surface area contributed by atoms with Gasteiger partial charge in [0.2, 0.25) is 5.91 Å². The summed E-state index contributed by atoms with van der Waals surface area (Å²) >= 11 is 0. The van der Waals surface area contributed by atoms with Crippen LogP contribution in [0.2, 0.25) is 0 Å². The summed E-state index contributed by atoms with van der Waals surface area (Å²) < 4.78 is 14.8. The van der Waals surface area contributed by atoms with Gasteiger partial charge in [-0.3, -0.25) is 24.5 Å². The molecule has 1 aromatic carbocycles. The molecule has 1 aliphatic rings. The van der Waals surface area contributed by atoms with Crippen LogP contribution in [0.4, 0.5) is 10.1 Å². The first-order valence-corrected chi connectivity index (χ1v) is 9.83. The van der Waals surface area contributed by atoms with Gasteiger partial charge in [-0.05, 0) is 37.0 Å². The van der Waals surface area contributed by atoms with Crippen LogP contribution < -0.4 is 11.1 Å². The van der Waals surface area contributed by atoms with Crippen LogP contribution >= 0.6 is 0 Å². The van der Waals surface area contributed by atoms with Crippen molar-refractivity contribution >= 4 is 34.3 Å². The van der Waals surface area contributed by atoms with E-state index in [4.69, 9.17) is 5.73 Å². The Hall–Kier alpha value is -3.82. The molecule has 3 aromatic rings. The summed E-state index contributed by atoms with van der Waals surface area (Å²) in [5.41, 5.74) is 6.40. The predicted octanol–water partition coefficient (Wildman–Crippen LogP) is 2.13. The number of halogens is 1. The van der Waals surface area contributed by atoms with Crippen LogP contribution in [0, 0.1) is 11.7 Å². The van der Waals surface area contributed by atoms with E-state index >= 15 is 0 Å². The van der Waals surface area contributed by atoms with E-state index in [2.05, 4.69) is 20.5 Å². The fourth-order valence-electron chi connectivity index (χ4n) is 3.90. The van der Waals surface area contributed by atoms with E-state index in [1.54, 1.807) is 12.3 Å². The van der Waals surface area contributed by atoms with Gasteiger partial charge in [0, 0.05) is 23.7 Å². The Balaban J connectivity index is 1.60. The molecule has 1 saturated heterocycles. The van der Waals surface area contributed by atoms with Crippen molar-refractivity contribution in [1.29, 1.82) is 0 Å². The molecule has 1 fully saturated rings. The number of piperidine rings is 1. The Kier molecular flexibility index (Phi) is 5.37. The molecule has 160 valence electrons. The molecule has 9 nitrogen and oxygen atoms in total. The molecule has 0 unspecified atom stereocenters. The number of carbonyl (C=O) groups is 3. The summed E-state index contributed by atoms with van der Waals surface area (Å²) in [4.78, 5) is 42.3. The van der Waals surface area contributed by atoms with Gasteiger partial charge in [0.05, 0.1) is 35.2 Å². The highest BCUT2D eigenvalue weighted by Gasteiger charge is 2.35. The smallest absolute Gasteiger partial charge is 0.313 e. The molecule has 3 heterocycles. The molecule has 4 N–H and O–H groups in total. The molecule has 2 aromatic heterocycles. The maximum absolute atomic E-state index is 14.8. The number of hydrogen-bond donors (Lipinski definition) is 3. The minimum Gasteiger partial charge on any atom is -0.366 e. The van der Waals surface area contributed by atoms with Gasteiger partial charge >= 0.3 is 11.8 Å². The fraction of sp³-hybridized carbons (Fsp3) is 0.286. The van der Waals surface area contributed by atoms with Gasteiger partial charge in [0.15, 0.2) is 0 Å². The summed E-state index contributed by atoms with van der Waals surface area (Å²) in [5.74, 6) is -2.69. The number of nitrogens with one attached hydrogen (secondary N) is 2. The highest BCUT2D eigenvalue weighted by Crippen LogP contribution is 2.36. The van der Waals surface area contributed by atoms with Crippen LogP contribution in [0.3, 0.4) is 0 Å². The number of carbonyl (C=O) groups excluding carboxylic acids is 3. The van der Waals surface area contributed by atoms with Gasteiger partial charge in [0.1, 0.15) is 5.82 Å². The first kappa shape index (κ1) is 20.5. The Bertz CT molecular complexity index is 1180. The molecule has 0 bridgehead atoms. The third kappa shape index (κ3) is 4.09. The summed E-state index contributed by atoms with van der Waals surface area (Å²) in [7, 11) is 0. The first-order valence-electron chi connectivity index (χ1n) is 9.83. The monoisotopic (exact) mass is 424 g/mol. The van der Waals surface area contributed by atoms with Crippen LogP contribution in [0.15, 0.2) is 36.8 Å². The zero-order valence-electron chi connectivity index (χ0n) is 16.8. The van der Waals surface area contributed by atoms with Crippen molar-refractivity contribution in [3.63, 3.8) is 0 Å². The average Bonchev–Trinajstić information content (AvgIpc) is 3.20. The molecular formula is C21H21FN6O3. The van der Waals surface area contributed by atoms with Crippen molar-refractivity contribution in [3.05, 3.63) is 53.7 Å². The van der Waals surface area contributed by atoms with Crippen LogP contribution in [-0.4, -0.2) is 44.3 Å². The molecule has 0 spiro atoms. The van der Waals surface area contributed by atoms with E-state index in [0.717, 1.165) is 11.8 Å². The molecule has 3 amide bonds. The number of aromatic amines is 1. The standard InChI is InChI=1S/C21H21FN6O3/c1-11-2-3-18(15-5-12-8-25-27-17(12)6-16(15)22)28(10-11)21(31)20(30)26-14-4-13(19(23)29)7-24-9-14/h4-9,11,18H,2-3,10H2,1H3,(H2,23,29)(H,25,27)(H,26,30)/t11-,18+/m0/s1. The number of nitrogens with zero attached hydrogens (tertiary/aromatic N) is 3. The third-order valence-electron chi connectivity index (χ3n) is 5.47. The van der Waals surface area contributed by atoms with Gasteiger partial charge in [-0.1, -0.05) is 6.92 Å². The Morgan fingerprint density at radius 2 is 2.00 bits per heavy atom. The quantitative estimate of drug-likeness (QED) is 0.554. The van der Waals surface area contributed by atoms with Crippen molar-refractivity contribution in [2.45, 2.75) is 25.8 Å². The van der Waals surface area contributed by atoms with E-state index in [1.165, 1.54) is 29.4 Å². The van der Waals surface area contributed by atoms with Gasteiger partial charge in [-0.25, -0.2) is 4.39 Å². The van der Waals surface area contributed by atoms with Crippen molar-refractivity contribution in [1.82, 2.24) is 20.1 Å². The maximum Gasteiger partial charge on any atom is 0.313 e. The molecule has 10 heteroatoms. The lowest BCUT2D eigenvalue weighted by molar-refractivity contribution is -0.146. The lowest BCUT2D eigenvalue weighted by atomic mass is 9.89. The van der Waals surface area contributed by atoms with E-state index in [1.807, 2.05) is 6.92 Å². The Morgan fingerprint density at radius 1 is 1.19 bits per heavy atom. The highest BCUT2D eigenvalue weighted by atomic mass is 19.1. The third-order valence-corrected chi connectivity index (χ3v) is 5.47. The summed E-state index contributed by atoms with van der Waals surface area (Å²) in [5, 5.41) is 9.81. The van der Waals surface area contributed by atoms with E-state index < -0.39 is 29.6 Å². The van der Waals surface area contributed by atoms with Crippen LogP contribution in [-0.2, 0) is 9.59 Å². The highest BCUT2D eigenvalue weighted by molar-refractivity contribution is 6.39. The molecule has 31 heavy (non-hydrogen) atoms. The van der Waals surface area contributed by atoms with Crippen molar-refractivity contribution < 1.29 is 18.8 Å². The number of hydrogen-bond acceptors (Lipinski definition) is 5. The molecule has 1 aliphatic heterocycles. The summed E-state index contributed by atoms with van der Waals surface area (Å²) in [6.07, 6.45) is 5.47. The number of benzene rings is 1. The van der Waals surface area contributed by atoms with E-state index in [0.29, 0.717) is 24.0 Å². The Labute approximate surface area is 176 Å². The second-order valence-electron chi connectivity index (χ2n) is 7.77. The lowest BCUT2D eigenvalue weighted by Gasteiger charge is -2.38. The topological polar surface area (TPSA) is 134 Å². The van der Waals surface area contributed by atoms with Crippen LogP contribution in [0.1, 0.15) is 41.7 Å². The molecule has 0 radical (unpaired) electrons. The van der Waals surface area contributed by atoms with Gasteiger partial charge in [-0.2, -0.15) is 5.10 Å². The molecule has 0 aliphatic carbocycles. The second kappa shape index (κ2) is 8.13. The van der Waals surface area contributed by atoms with E-state index in [-0.39, 0.29) is 17.2 Å². The number of likely N-dealkylation sites (tertiary alicyclic amines) is 1. The van der Waals surface area contributed by atoms with Crippen molar-refractivity contribution in [2.75, 3.05) is 11.9 Å². The molecular weight excluding hydrogens is 403 g/mol. The largest absolute Gasteiger partial charge is 0.366 e. The van der Waals surface area contributed by atoms with Gasteiger partial charge in [0.25, 0.3) is 0 Å². The molecule has 4 rings (SSSR count). The predicted molar refractivity (Wildman–Crippen MR) is 110 cm³/mol. The zero-order valence-corrected chi connectivity index (χ0v) is 16.8. The number of fused-ring (bicyclic) bond motifs is 1. The minimum absolute atomic E-state index is 0.102. The SMILES string of the molecule is C[C@H]1CC[C@H](c2cc3cn[nH]c3cc2F)N(C(=O)C(=O)Nc2cncc(C(N)=O)c2)C1. The second-order valence-corrected chi connectivity index (χ2v) is 7.77. The number of anilines is 1. The number of nitrogens with two attached hydrogens (primary N) is 1. The van der Waals surface area contributed by atoms with Crippen molar-refractivity contribution in [3.8, 4) is 0 Å². The fourth-order valence-corrected chi connectivity index (χ4v) is 3.90. The number of rotatable bonds is 3. The minimum atomic E-state index is -0.896. The molecule has 2 atom stereocenters. The Morgan fingerprint density at radius 3 is 2.77 bits per heavy atom. The lowest BCUT2D eigenvalue weighted by Crippen LogP contribution is -2.46. The summed E-state index contributed by atoms with van der Waals surface area (Å²) in [6.45, 7) is 2.30. The number of primary amides is 1. The van der Waals surface area contributed by atoms with Gasteiger partial charge in [-0.15, -0.1) is 0 Å². The van der Waals surface area contributed by atoms with Crippen LogP contribution in [0.5, 0.6) is 0 Å². The molecule has 0 saturated carbocycles. The maximum atomic E-state index is 14.8. The van der Waals surface area contributed by atoms with Crippen molar-refractivity contribution in [2.24, 2.45) is 11.7 Å². The van der Waals surface area contributed by atoms with Crippen LogP contribution in [0.25, 0.3) is 10.9 Å². The first-order chi connectivity index (χ1) is 14.8. The normalized spacial score (nSPS) is 18.7. The zero-order chi connectivity index (χ0) is 22.1.